The Morgan fingerprint density at radius 3 is 1.97 bits per heavy atom. The minimum atomic E-state index is -4.58. The number of aliphatic hydroxyl groups is 8. The van der Waals surface area contributed by atoms with Crippen molar-refractivity contribution in [3.63, 3.8) is 0 Å². The number of carbonyl (C=O) groups excluding carboxylic acids is 1. The van der Waals surface area contributed by atoms with E-state index in [2.05, 4.69) is 0 Å². The highest BCUT2D eigenvalue weighted by Crippen LogP contribution is 2.62. The first-order chi connectivity index (χ1) is 30.1. The molecule has 0 radical (unpaired) electrons. The molecule has 4 aromatic carbocycles. The van der Waals surface area contributed by atoms with Gasteiger partial charge < -0.3 is 69.3 Å². The standard InChI is InChI=1S/C45H51NO16S/c47-22-32-35(50)37(52)39(54)42(60-32)61-40-33(23-48)59-34(36(51)38(40)53)24-63(57,58)62-29-13-7-8-25(20-29)26-14-15-30(31(49)21-26)41-44(43(55)46(41)28-11-5-2-6-12-28)16-18-45(56,19-17-44)27-9-3-1-4-10-27/h1-15,20-21,32-42,47-54,56H,16-19,22-24H2/t32?,33?,34-,35+,36+,37?,38?,39-,40+,41+,42-,44?,45?/m0/s1. The van der Waals surface area contributed by atoms with Gasteiger partial charge in [-0.3, -0.25) is 4.79 Å². The molecule has 9 N–H and O–H groups in total. The van der Waals surface area contributed by atoms with Crippen LogP contribution in [0.25, 0.3) is 11.1 Å². The number of hydrogen-bond donors (Lipinski definition) is 9. The van der Waals surface area contributed by atoms with Gasteiger partial charge in [0.15, 0.2) is 6.29 Å². The normalized spacial score (nSPS) is 34.7. The van der Waals surface area contributed by atoms with Crippen molar-refractivity contribution >= 4 is 21.7 Å². The van der Waals surface area contributed by atoms with Crippen molar-refractivity contribution in [2.24, 2.45) is 5.41 Å². The van der Waals surface area contributed by atoms with Gasteiger partial charge in [0, 0.05) is 11.3 Å². The van der Waals surface area contributed by atoms with Crippen LogP contribution in [-0.2, 0) is 34.7 Å². The molecule has 8 rings (SSSR count). The van der Waals surface area contributed by atoms with Crippen LogP contribution < -0.4 is 9.08 Å². The van der Waals surface area contributed by atoms with Gasteiger partial charge in [-0.2, -0.15) is 8.42 Å². The van der Waals surface area contributed by atoms with Gasteiger partial charge >= 0.3 is 10.1 Å². The fourth-order valence-corrected chi connectivity index (χ4v) is 10.6. The molecule has 1 aliphatic carbocycles. The summed E-state index contributed by atoms with van der Waals surface area (Å²) in [5.41, 5.74) is 0.966. The third-order valence-corrected chi connectivity index (χ3v) is 14.1. The summed E-state index contributed by atoms with van der Waals surface area (Å²) in [5, 5.41) is 95.4. The summed E-state index contributed by atoms with van der Waals surface area (Å²) in [6.45, 7) is -1.61. The van der Waals surface area contributed by atoms with E-state index in [1.165, 1.54) is 24.3 Å². The fraction of sp³-hybridized carbons (Fsp3) is 0.444. The molecular formula is C45H51NO16S. The fourth-order valence-electron chi connectivity index (χ4n) is 9.45. The molecule has 4 fully saturated rings. The number of phenolic OH excluding ortho intramolecular Hbond substituents is 1. The highest BCUT2D eigenvalue weighted by atomic mass is 32.2. The van der Waals surface area contributed by atoms with Crippen LogP contribution >= 0.6 is 0 Å². The van der Waals surface area contributed by atoms with E-state index in [0.717, 1.165) is 5.56 Å². The number of amides is 1. The molecule has 1 spiro atoms. The van der Waals surface area contributed by atoms with Gasteiger partial charge in [-0.1, -0.05) is 72.8 Å². The predicted octanol–water partition coefficient (Wildman–Crippen LogP) is 0.971. The Kier molecular flexibility index (Phi) is 12.7. The maximum Gasteiger partial charge on any atom is 0.311 e. The van der Waals surface area contributed by atoms with E-state index < -0.39 is 107 Å². The molecule has 3 heterocycles. The van der Waals surface area contributed by atoms with Crippen LogP contribution in [0, 0.1) is 5.41 Å². The number of carbonyl (C=O) groups is 1. The Labute approximate surface area is 363 Å². The lowest BCUT2D eigenvalue weighted by Crippen LogP contribution is -2.65. The number of β-lactam (4-membered cyclic amide) rings is 1. The zero-order valence-electron chi connectivity index (χ0n) is 33.9. The SMILES string of the molecule is O=C1N(c2ccccc2)[C@H](c2ccc(-c3cccc(OS(=O)(=O)C[C@@H]4OC(CO)[C@@H](O[C@@H]5OC(CO)[C@@H](O)C(O)[C@@H]5O)C(O)[C@@H]4O)c3)cc2O)C12CCC(O)(c1ccccc1)CC2. The summed E-state index contributed by atoms with van der Waals surface area (Å²) in [6, 6.07) is 29.1. The van der Waals surface area contributed by atoms with Crippen molar-refractivity contribution in [2.75, 3.05) is 23.9 Å². The van der Waals surface area contributed by atoms with Crippen molar-refractivity contribution in [3.8, 4) is 22.6 Å². The van der Waals surface area contributed by atoms with Crippen LogP contribution in [0.5, 0.6) is 11.5 Å². The lowest BCUT2D eigenvalue weighted by molar-refractivity contribution is -0.341. The monoisotopic (exact) mass is 893 g/mol. The van der Waals surface area contributed by atoms with Crippen molar-refractivity contribution in [2.45, 2.75) is 98.6 Å². The first kappa shape index (κ1) is 45.0. The topological polar surface area (TPSA) is 273 Å². The molecule has 4 unspecified atom stereocenters. The van der Waals surface area contributed by atoms with Crippen molar-refractivity contribution in [1.29, 1.82) is 0 Å². The summed E-state index contributed by atoms with van der Waals surface area (Å²) < 4.78 is 48.7. The lowest BCUT2D eigenvalue weighted by atomic mass is 9.56. The van der Waals surface area contributed by atoms with E-state index in [1.54, 1.807) is 23.1 Å². The molecule has 338 valence electrons. The molecule has 1 saturated carbocycles. The van der Waals surface area contributed by atoms with Gasteiger partial charge in [0.25, 0.3) is 0 Å². The Morgan fingerprint density at radius 2 is 1.32 bits per heavy atom. The van der Waals surface area contributed by atoms with E-state index in [0.29, 0.717) is 48.1 Å². The first-order valence-electron chi connectivity index (χ1n) is 20.7. The summed E-state index contributed by atoms with van der Waals surface area (Å²) in [6.07, 6.45) is -15.6. The summed E-state index contributed by atoms with van der Waals surface area (Å²) in [5.74, 6) is -1.30. The molecule has 18 heteroatoms. The molecule has 0 bridgehead atoms. The average molecular weight is 894 g/mol. The number of aromatic hydroxyl groups is 1. The first-order valence-corrected chi connectivity index (χ1v) is 22.3. The zero-order valence-corrected chi connectivity index (χ0v) is 34.7. The smallest absolute Gasteiger partial charge is 0.311 e. The maximum atomic E-state index is 14.2. The van der Waals surface area contributed by atoms with Gasteiger partial charge in [-0.25, -0.2) is 0 Å². The van der Waals surface area contributed by atoms with E-state index >= 15 is 0 Å². The Bertz CT molecular complexity index is 2340. The van der Waals surface area contributed by atoms with E-state index in [1.807, 2.05) is 60.7 Å². The van der Waals surface area contributed by atoms with Crippen molar-refractivity contribution < 1.29 is 77.6 Å². The predicted molar refractivity (Wildman–Crippen MR) is 222 cm³/mol. The second-order valence-corrected chi connectivity index (χ2v) is 18.4. The van der Waals surface area contributed by atoms with Crippen LogP contribution in [-0.4, -0.2) is 140 Å². The van der Waals surface area contributed by atoms with Crippen LogP contribution in [0.1, 0.15) is 42.9 Å². The minimum absolute atomic E-state index is 0.0860. The van der Waals surface area contributed by atoms with Crippen LogP contribution in [0.15, 0.2) is 103 Å². The molecule has 4 aromatic rings. The largest absolute Gasteiger partial charge is 0.508 e. The number of nitrogens with zero attached hydrogens (tertiary/aromatic N) is 1. The molecule has 17 nitrogen and oxygen atoms in total. The van der Waals surface area contributed by atoms with Gasteiger partial charge in [-0.05, 0) is 72.7 Å². The summed E-state index contributed by atoms with van der Waals surface area (Å²) in [4.78, 5) is 15.8. The molecule has 0 aromatic heterocycles. The Hall–Kier alpha value is -4.54. The third kappa shape index (κ3) is 8.47. The number of benzene rings is 4. The minimum Gasteiger partial charge on any atom is -0.508 e. The van der Waals surface area contributed by atoms with Crippen molar-refractivity contribution in [1.82, 2.24) is 0 Å². The summed E-state index contributed by atoms with van der Waals surface area (Å²) in [7, 11) is -4.58. The van der Waals surface area contributed by atoms with E-state index in [9.17, 15) is 59.2 Å². The van der Waals surface area contributed by atoms with E-state index in [-0.39, 0.29) is 17.4 Å². The second kappa shape index (κ2) is 17.8. The number of anilines is 1. The second-order valence-electron chi connectivity index (χ2n) is 16.8. The van der Waals surface area contributed by atoms with Gasteiger partial charge in [0.2, 0.25) is 5.91 Å². The third-order valence-electron chi connectivity index (χ3n) is 12.9. The molecule has 4 aliphatic rings. The Balaban J connectivity index is 0.971. The van der Waals surface area contributed by atoms with Crippen LogP contribution in [0.2, 0.25) is 0 Å². The zero-order chi connectivity index (χ0) is 44.8. The number of phenols is 1. The molecule has 63 heavy (non-hydrogen) atoms. The maximum absolute atomic E-state index is 14.2. The highest BCUT2D eigenvalue weighted by Gasteiger charge is 2.64. The molecule has 1 amide bonds. The van der Waals surface area contributed by atoms with Crippen LogP contribution in [0.4, 0.5) is 5.69 Å². The molecular weight excluding hydrogens is 843 g/mol. The highest BCUT2D eigenvalue weighted by molar-refractivity contribution is 7.87. The van der Waals surface area contributed by atoms with Crippen LogP contribution in [0.3, 0.4) is 0 Å². The van der Waals surface area contributed by atoms with Crippen molar-refractivity contribution in [3.05, 3.63) is 114 Å². The van der Waals surface area contributed by atoms with Gasteiger partial charge in [0.05, 0.1) is 30.3 Å². The summed E-state index contributed by atoms with van der Waals surface area (Å²) >= 11 is 0. The quantitative estimate of drug-likeness (QED) is 0.0708. The van der Waals surface area contributed by atoms with Gasteiger partial charge in [-0.15, -0.1) is 0 Å². The van der Waals surface area contributed by atoms with E-state index in [4.69, 9.17) is 18.4 Å². The number of aliphatic hydroxyl groups excluding tert-OH is 7. The number of hydrogen-bond acceptors (Lipinski definition) is 16. The number of para-hydroxylation sites is 1. The number of ether oxygens (including phenoxy) is 3. The molecule has 3 saturated heterocycles. The molecule has 11 atom stereocenters. The average Bonchev–Trinajstić information content (AvgIpc) is 3.28. The van der Waals surface area contributed by atoms with Gasteiger partial charge in [0.1, 0.15) is 72.2 Å². The Morgan fingerprint density at radius 1 is 0.683 bits per heavy atom. The lowest BCUT2D eigenvalue weighted by Gasteiger charge is -2.59. The molecule has 3 aliphatic heterocycles. The number of rotatable bonds is 12.